The summed E-state index contributed by atoms with van der Waals surface area (Å²) in [6.45, 7) is 2.13. The van der Waals surface area contributed by atoms with Gasteiger partial charge in [-0.2, -0.15) is 0 Å². The minimum Gasteiger partial charge on any atom is -0.271 e. The van der Waals surface area contributed by atoms with E-state index in [9.17, 15) is 4.39 Å². The predicted octanol–water partition coefficient (Wildman–Crippen LogP) is 3.96. The number of rotatable bonds is 5. The number of nitrogens with one attached hydrogen (secondary N) is 1. The lowest BCUT2D eigenvalue weighted by Crippen LogP contribution is -2.29. The van der Waals surface area contributed by atoms with Crippen molar-refractivity contribution in [2.24, 2.45) is 5.84 Å². The Morgan fingerprint density at radius 3 is 2.74 bits per heavy atom. The minimum atomic E-state index is -0.236. The number of benzene rings is 1. The standard InChI is InChI=1S/C14H16BrFN2S/c1-2-12-3-4-14(19-12)13(18-17)7-9-5-10(15)8-11(16)6-9/h3-6,8,13,18H,2,7,17H2,1H3. The summed E-state index contributed by atoms with van der Waals surface area (Å²) in [6.07, 6.45) is 1.68. The molecule has 0 saturated heterocycles. The Morgan fingerprint density at radius 1 is 1.37 bits per heavy atom. The number of nitrogens with two attached hydrogens (primary N) is 1. The molecule has 1 unspecified atom stereocenters. The van der Waals surface area contributed by atoms with E-state index in [1.807, 2.05) is 6.07 Å². The summed E-state index contributed by atoms with van der Waals surface area (Å²) in [7, 11) is 0. The number of aryl methyl sites for hydroxylation is 1. The normalized spacial score (nSPS) is 12.6. The van der Waals surface area contributed by atoms with Gasteiger partial charge in [-0.15, -0.1) is 11.3 Å². The van der Waals surface area contributed by atoms with E-state index in [4.69, 9.17) is 5.84 Å². The van der Waals surface area contributed by atoms with Crippen molar-refractivity contribution in [3.63, 3.8) is 0 Å². The van der Waals surface area contributed by atoms with Crippen LogP contribution in [-0.2, 0) is 12.8 Å². The molecule has 0 aliphatic heterocycles. The quantitative estimate of drug-likeness (QED) is 0.637. The third kappa shape index (κ3) is 3.86. The van der Waals surface area contributed by atoms with Gasteiger partial charge in [0.25, 0.3) is 0 Å². The monoisotopic (exact) mass is 342 g/mol. The van der Waals surface area contributed by atoms with Gasteiger partial charge in [0.05, 0.1) is 6.04 Å². The molecule has 0 spiro atoms. The summed E-state index contributed by atoms with van der Waals surface area (Å²) in [5.41, 5.74) is 3.73. The van der Waals surface area contributed by atoms with E-state index in [1.165, 1.54) is 15.8 Å². The van der Waals surface area contributed by atoms with Crippen molar-refractivity contribution in [1.82, 2.24) is 5.43 Å². The number of hydrazine groups is 1. The molecular weight excluding hydrogens is 327 g/mol. The van der Waals surface area contributed by atoms with Crippen molar-refractivity contribution >= 4 is 27.3 Å². The van der Waals surface area contributed by atoms with Gasteiger partial charge in [-0.25, -0.2) is 4.39 Å². The van der Waals surface area contributed by atoms with Crippen LogP contribution >= 0.6 is 27.3 Å². The average molecular weight is 343 g/mol. The van der Waals surface area contributed by atoms with Gasteiger partial charge in [-0.05, 0) is 48.7 Å². The van der Waals surface area contributed by atoms with E-state index in [-0.39, 0.29) is 11.9 Å². The first-order valence-electron chi connectivity index (χ1n) is 6.12. The van der Waals surface area contributed by atoms with Gasteiger partial charge in [0, 0.05) is 14.2 Å². The second-order valence-electron chi connectivity index (χ2n) is 4.36. The maximum Gasteiger partial charge on any atom is 0.124 e. The summed E-state index contributed by atoms with van der Waals surface area (Å²) in [6, 6.07) is 9.13. The zero-order valence-electron chi connectivity index (χ0n) is 10.6. The highest BCUT2D eigenvalue weighted by Crippen LogP contribution is 2.27. The number of thiophene rings is 1. The van der Waals surface area contributed by atoms with E-state index >= 15 is 0 Å². The van der Waals surface area contributed by atoms with Gasteiger partial charge in [0.1, 0.15) is 5.82 Å². The van der Waals surface area contributed by atoms with Crippen LogP contribution in [0.1, 0.15) is 28.3 Å². The van der Waals surface area contributed by atoms with Gasteiger partial charge in [0.2, 0.25) is 0 Å². The van der Waals surface area contributed by atoms with E-state index < -0.39 is 0 Å². The molecule has 2 rings (SSSR count). The third-order valence-electron chi connectivity index (χ3n) is 2.94. The Morgan fingerprint density at radius 2 is 2.16 bits per heavy atom. The van der Waals surface area contributed by atoms with Crippen LogP contribution in [0, 0.1) is 5.82 Å². The molecule has 2 aromatic rings. The summed E-state index contributed by atoms with van der Waals surface area (Å²) in [4.78, 5) is 2.51. The largest absolute Gasteiger partial charge is 0.271 e. The first kappa shape index (κ1) is 14.7. The molecule has 2 nitrogen and oxygen atoms in total. The third-order valence-corrected chi connectivity index (χ3v) is 4.74. The maximum atomic E-state index is 13.4. The van der Waals surface area contributed by atoms with Crippen molar-refractivity contribution in [2.75, 3.05) is 0 Å². The zero-order chi connectivity index (χ0) is 13.8. The molecule has 102 valence electrons. The summed E-state index contributed by atoms with van der Waals surface area (Å²) >= 11 is 5.05. The highest BCUT2D eigenvalue weighted by molar-refractivity contribution is 9.10. The zero-order valence-corrected chi connectivity index (χ0v) is 13.0. The van der Waals surface area contributed by atoms with E-state index in [0.29, 0.717) is 6.42 Å². The highest BCUT2D eigenvalue weighted by Gasteiger charge is 2.13. The molecule has 3 N–H and O–H groups in total. The van der Waals surface area contributed by atoms with Crippen LogP contribution in [0.5, 0.6) is 0 Å². The van der Waals surface area contributed by atoms with Gasteiger partial charge >= 0.3 is 0 Å². The van der Waals surface area contributed by atoms with E-state index in [1.54, 1.807) is 17.4 Å². The van der Waals surface area contributed by atoms with Crippen molar-refractivity contribution in [3.05, 3.63) is 55.9 Å². The second kappa shape index (κ2) is 6.61. The van der Waals surface area contributed by atoms with Gasteiger partial charge in [-0.1, -0.05) is 22.9 Å². The topological polar surface area (TPSA) is 38.0 Å². The number of hydrogen-bond acceptors (Lipinski definition) is 3. The van der Waals surface area contributed by atoms with Crippen LogP contribution in [0.4, 0.5) is 4.39 Å². The van der Waals surface area contributed by atoms with Crippen molar-refractivity contribution in [3.8, 4) is 0 Å². The molecule has 0 radical (unpaired) electrons. The maximum absolute atomic E-state index is 13.4. The van der Waals surface area contributed by atoms with Gasteiger partial charge in [-0.3, -0.25) is 11.3 Å². The lowest BCUT2D eigenvalue weighted by atomic mass is 10.1. The first-order valence-corrected chi connectivity index (χ1v) is 7.73. The number of halogens is 2. The van der Waals surface area contributed by atoms with Crippen LogP contribution in [0.2, 0.25) is 0 Å². The van der Waals surface area contributed by atoms with Crippen LogP contribution in [0.15, 0.2) is 34.8 Å². The smallest absolute Gasteiger partial charge is 0.124 e. The SMILES string of the molecule is CCc1ccc(C(Cc2cc(F)cc(Br)c2)NN)s1. The fourth-order valence-corrected chi connectivity index (χ4v) is 3.50. The molecule has 1 atom stereocenters. The van der Waals surface area contributed by atoms with Crippen LogP contribution in [0.25, 0.3) is 0 Å². The Hall–Kier alpha value is -0.750. The molecule has 1 aromatic carbocycles. The lowest BCUT2D eigenvalue weighted by molar-refractivity contribution is 0.556. The molecule has 0 bridgehead atoms. The molecular formula is C14H16BrFN2S. The van der Waals surface area contributed by atoms with E-state index in [0.717, 1.165) is 16.5 Å². The lowest BCUT2D eigenvalue weighted by Gasteiger charge is -2.14. The van der Waals surface area contributed by atoms with Crippen LogP contribution in [0.3, 0.4) is 0 Å². The summed E-state index contributed by atoms with van der Waals surface area (Å²) in [5.74, 6) is 5.40. The van der Waals surface area contributed by atoms with Gasteiger partial charge in [0.15, 0.2) is 0 Å². The Balaban J connectivity index is 2.18. The molecule has 5 heteroatoms. The molecule has 1 heterocycles. The van der Waals surface area contributed by atoms with Crippen molar-refractivity contribution < 1.29 is 4.39 Å². The molecule has 19 heavy (non-hydrogen) atoms. The number of hydrogen-bond donors (Lipinski definition) is 2. The predicted molar refractivity (Wildman–Crippen MR) is 81.6 cm³/mol. The molecule has 0 fully saturated rings. The summed E-state index contributed by atoms with van der Waals surface area (Å²) in [5, 5.41) is 0. The first-order chi connectivity index (χ1) is 9.12. The Bertz CT molecular complexity index is 536. The van der Waals surface area contributed by atoms with Crippen LogP contribution in [-0.4, -0.2) is 0 Å². The minimum absolute atomic E-state index is 0.0130. The molecule has 1 aromatic heterocycles. The molecule has 0 aliphatic rings. The average Bonchev–Trinajstić information content (AvgIpc) is 2.83. The van der Waals surface area contributed by atoms with Crippen LogP contribution < -0.4 is 11.3 Å². The summed E-state index contributed by atoms with van der Waals surface area (Å²) < 4.78 is 14.1. The second-order valence-corrected chi connectivity index (χ2v) is 6.47. The Kier molecular flexibility index (Phi) is 5.10. The molecule has 0 aliphatic carbocycles. The Labute approximate surface area is 124 Å². The highest BCUT2D eigenvalue weighted by atomic mass is 79.9. The van der Waals surface area contributed by atoms with Crippen molar-refractivity contribution in [1.29, 1.82) is 0 Å². The van der Waals surface area contributed by atoms with Gasteiger partial charge < -0.3 is 0 Å². The fourth-order valence-electron chi connectivity index (χ4n) is 1.98. The molecule has 0 saturated carbocycles. The molecule has 0 amide bonds. The van der Waals surface area contributed by atoms with Crippen molar-refractivity contribution in [2.45, 2.75) is 25.8 Å². The fraction of sp³-hybridized carbons (Fsp3) is 0.286. The van der Waals surface area contributed by atoms with E-state index in [2.05, 4.69) is 40.4 Å².